The van der Waals surface area contributed by atoms with E-state index in [0.717, 1.165) is 5.69 Å². The normalized spacial score (nSPS) is 23.7. The Bertz CT molecular complexity index is 840. The summed E-state index contributed by atoms with van der Waals surface area (Å²) in [6.45, 7) is 6.03. The van der Waals surface area contributed by atoms with Gasteiger partial charge in [0.25, 0.3) is 0 Å². The second-order valence-corrected chi connectivity index (χ2v) is 8.39. The van der Waals surface area contributed by atoms with Crippen LogP contribution in [0.2, 0.25) is 0 Å². The minimum Gasteiger partial charge on any atom is -0.489 e. The van der Waals surface area contributed by atoms with Gasteiger partial charge < -0.3 is 9.64 Å². The first-order chi connectivity index (χ1) is 14.5. The summed E-state index contributed by atoms with van der Waals surface area (Å²) in [6.07, 6.45) is 5.91. The molecule has 1 aromatic carbocycles. The van der Waals surface area contributed by atoms with E-state index in [4.69, 9.17) is 4.74 Å². The molecule has 2 saturated heterocycles. The van der Waals surface area contributed by atoms with Gasteiger partial charge in [-0.15, -0.1) is 0 Å². The molecule has 2 fully saturated rings. The number of ether oxygens (including phenoxy) is 1. The summed E-state index contributed by atoms with van der Waals surface area (Å²) in [5.74, 6) is 0.215. The zero-order chi connectivity index (χ0) is 21.3. The van der Waals surface area contributed by atoms with Crippen LogP contribution in [0.5, 0.6) is 5.75 Å². The zero-order valence-corrected chi connectivity index (χ0v) is 17.6. The molecule has 0 aromatic heterocycles. The highest BCUT2D eigenvalue weighted by Gasteiger charge is 2.46. The molecule has 1 aliphatic carbocycles. The topological polar surface area (TPSA) is 70.2 Å². The molecule has 4 rings (SSSR count). The number of fused-ring (bicyclic) bond motifs is 1. The fourth-order valence-electron chi connectivity index (χ4n) is 4.56. The molecule has 0 N–H and O–H groups in total. The van der Waals surface area contributed by atoms with E-state index < -0.39 is 0 Å². The molecule has 2 heterocycles. The zero-order valence-electron chi connectivity index (χ0n) is 17.6. The van der Waals surface area contributed by atoms with Crippen LogP contribution in [0.4, 0.5) is 10.5 Å². The van der Waals surface area contributed by atoms with Crippen LogP contribution in [-0.2, 0) is 9.59 Å². The summed E-state index contributed by atoms with van der Waals surface area (Å²) in [5, 5.41) is 0. The summed E-state index contributed by atoms with van der Waals surface area (Å²) in [4.78, 5) is 43.0. The third-order valence-electron chi connectivity index (χ3n) is 6.02. The molecule has 0 saturated carbocycles. The quantitative estimate of drug-likeness (QED) is 0.511. The van der Waals surface area contributed by atoms with Gasteiger partial charge in [-0.05, 0) is 45.2 Å². The molecule has 0 bridgehead atoms. The number of hydrogen-bond donors (Lipinski definition) is 0. The first-order valence-electron chi connectivity index (χ1n) is 10.8. The number of nitrogens with zero attached hydrogens (tertiary/aromatic N) is 3. The number of para-hydroxylation sites is 2. The van der Waals surface area contributed by atoms with E-state index in [1.165, 1.54) is 4.90 Å². The van der Waals surface area contributed by atoms with Crippen molar-refractivity contribution in [3.8, 4) is 5.75 Å². The molecule has 160 valence electrons. The fourth-order valence-corrected chi connectivity index (χ4v) is 4.56. The van der Waals surface area contributed by atoms with Gasteiger partial charge in [-0.1, -0.05) is 24.3 Å². The van der Waals surface area contributed by atoms with E-state index in [2.05, 4.69) is 0 Å². The van der Waals surface area contributed by atoms with Crippen molar-refractivity contribution in [2.75, 3.05) is 31.1 Å². The first-order valence-corrected chi connectivity index (χ1v) is 10.8. The lowest BCUT2D eigenvalue weighted by Crippen LogP contribution is -2.36. The second-order valence-electron chi connectivity index (χ2n) is 8.39. The molecule has 4 amide bonds. The summed E-state index contributed by atoms with van der Waals surface area (Å²) >= 11 is 0. The van der Waals surface area contributed by atoms with Crippen LogP contribution in [0.25, 0.3) is 0 Å². The molecule has 0 radical (unpaired) electrons. The van der Waals surface area contributed by atoms with E-state index in [1.54, 1.807) is 9.80 Å². The number of amides is 4. The summed E-state index contributed by atoms with van der Waals surface area (Å²) in [6, 6.07) is 7.51. The van der Waals surface area contributed by atoms with Crippen LogP contribution in [0.15, 0.2) is 36.4 Å². The number of likely N-dealkylation sites (tertiary alicyclic amines) is 1. The Morgan fingerprint density at radius 1 is 0.967 bits per heavy atom. The van der Waals surface area contributed by atoms with Gasteiger partial charge in [0, 0.05) is 26.2 Å². The number of carbonyl (C=O) groups excluding carboxylic acids is 3. The molecule has 2 unspecified atom stereocenters. The minimum absolute atomic E-state index is 0.0226. The molecule has 3 aliphatic rings. The molecular formula is C23H29N3O4. The maximum absolute atomic E-state index is 12.9. The molecule has 0 spiro atoms. The summed E-state index contributed by atoms with van der Waals surface area (Å²) in [5.41, 5.74) is 0.778. The van der Waals surface area contributed by atoms with Crippen molar-refractivity contribution in [1.82, 2.24) is 9.80 Å². The Morgan fingerprint density at radius 3 is 2.30 bits per heavy atom. The predicted octanol–water partition coefficient (Wildman–Crippen LogP) is 3.06. The van der Waals surface area contributed by atoms with Crippen molar-refractivity contribution < 1.29 is 19.1 Å². The van der Waals surface area contributed by atoms with Gasteiger partial charge in [-0.25, -0.2) is 4.79 Å². The van der Waals surface area contributed by atoms with Gasteiger partial charge in [0.05, 0.1) is 23.6 Å². The first kappa shape index (κ1) is 20.4. The van der Waals surface area contributed by atoms with Crippen molar-refractivity contribution >= 4 is 23.5 Å². The van der Waals surface area contributed by atoms with Crippen LogP contribution in [0, 0.1) is 11.8 Å². The molecule has 2 atom stereocenters. The molecule has 7 nitrogen and oxygen atoms in total. The van der Waals surface area contributed by atoms with E-state index in [0.29, 0.717) is 51.2 Å². The number of benzene rings is 1. The fraction of sp³-hybridized carbons (Fsp3) is 0.522. The Hall–Kier alpha value is -2.83. The lowest BCUT2D eigenvalue weighted by Gasteiger charge is -2.22. The van der Waals surface area contributed by atoms with Crippen molar-refractivity contribution in [3.05, 3.63) is 36.4 Å². The lowest BCUT2D eigenvalue weighted by molar-refractivity contribution is -0.139. The van der Waals surface area contributed by atoms with Crippen molar-refractivity contribution in [3.63, 3.8) is 0 Å². The highest BCUT2D eigenvalue weighted by Crippen LogP contribution is 2.35. The van der Waals surface area contributed by atoms with E-state index >= 15 is 0 Å². The number of anilines is 1. The van der Waals surface area contributed by atoms with Crippen LogP contribution in [-0.4, -0.2) is 59.9 Å². The summed E-state index contributed by atoms with van der Waals surface area (Å²) < 4.78 is 5.86. The number of rotatable bonds is 7. The molecule has 30 heavy (non-hydrogen) atoms. The Balaban J connectivity index is 1.34. The third kappa shape index (κ3) is 3.80. The number of carbonyl (C=O) groups is 3. The second kappa shape index (κ2) is 8.50. The molecular weight excluding hydrogens is 382 g/mol. The Kier molecular flexibility index (Phi) is 5.79. The van der Waals surface area contributed by atoms with Gasteiger partial charge in [0.2, 0.25) is 11.8 Å². The predicted molar refractivity (Wildman–Crippen MR) is 113 cm³/mol. The van der Waals surface area contributed by atoms with E-state index in [9.17, 15) is 14.4 Å². The number of urea groups is 1. The Labute approximate surface area is 177 Å². The van der Waals surface area contributed by atoms with Gasteiger partial charge in [0.1, 0.15) is 5.75 Å². The molecule has 2 aliphatic heterocycles. The van der Waals surface area contributed by atoms with Crippen LogP contribution in [0.1, 0.15) is 33.1 Å². The average molecular weight is 412 g/mol. The van der Waals surface area contributed by atoms with Gasteiger partial charge in [-0.2, -0.15) is 0 Å². The van der Waals surface area contributed by atoms with E-state index in [-0.39, 0.29) is 35.8 Å². The monoisotopic (exact) mass is 411 g/mol. The van der Waals surface area contributed by atoms with Gasteiger partial charge in [-0.3, -0.25) is 19.4 Å². The lowest BCUT2D eigenvalue weighted by atomic mass is 9.85. The molecule has 1 aromatic rings. The van der Waals surface area contributed by atoms with Gasteiger partial charge >= 0.3 is 6.03 Å². The SMILES string of the molecule is CC(C)Oc1ccccc1N1CCN(CCCN2C(=O)C3CC=CCC3C2=O)C1=O. The standard InChI is InChI=1S/C23H29N3O4/c1-16(2)30-20-11-6-5-10-19(20)25-15-14-24(23(25)29)12-7-13-26-21(27)17-8-3-4-9-18(17)22(26)28/h3-6,10-11,16-18H,7-9,12-15H2,1-2H3. The number of allylic oxidation sites excluding steroid dienone is 2. The smallest absolute Gasteiger partial charge is 0.324 e. The Morgan fingerprint density at radius 2 is 1.63 bits per heavy atom. The average Bonchev–Trinajstić information content (AvgIpc) is 3.21. The van der Waals surface area contributed by atoms with Crippen LogP contribution < -0.4 is 9.64 Å². The minimum atomic E-state index is -0.191. The van der Waals surface area contributed by atoms with E-state index in [1.807, 2.05) is 50.3 Å². The van der Waals surface area contributed by atoms with Crippen molar-refractivity contribution in [1.29, 1.82) is 0 Å². The number of hydrogen-bond acceptors (Lipinski definition) is 4. The third-order valence-corrected chi connectivity index (χ3v) is 6.02. The van der Waals surface area contributed by atoms with Crippen LogP contribution >= 0.6 is 0 Å². The van der Waals surface area contributed by atoms with Crippen LogP contribution in [0.3, 0.4) is 0 Å². The highest BCUT2D eigenvalue weighted by molar-refractivity contribution is 6.05. The largest absolute Gasteiger partial charge is 0.489 e. The highest BCUT2D eigenvalue weighted by atomic mass is 16.5. The summed E-state index contributed by atoms with van der Waals surface area (Å²) in [7, 11) is 0. The molecule has 7 heteroatoms. The van der Waals surface area contributed by atoms with Gasteiger partial charge in [0.15, 0.2) is 0 Å². The maximum Gasteiger partial charge on any atom is 0.324 e. The number of imide groups is 1. The van der Waals surface area contributed by atoms with Crippen molar-refractivity contribution in [2.45, 2.75) is 39.2 Å². The van der Waals surface area contributed by atoms with Crippen molar-refractivity contribution in [2.24, 2.45) is 11.8 Å². The maximum atomic E-state index is 12.9.